The number of rotatable bonds is 2. The second-order valence-corrected chi connectivity index (χ2v) is 11.4. The Kier molecular flexibility index (Phi) is 5.17. The molecule has 0 aliphatic rings. The largest absolute Gasteiger partial charge is 0.255 e. The van der Waals surface area contributed by atoms with Gasteiger partial charge in [0.2, 0.25) is 0 Å². The summed E-state index contributed by atoms with van der Waals surface area (Å²) in [7, 11) is 0. The number of hydrogen-bond donors (Lipinski definition) is 0. The van der Waals surface area contributed by atoms with E-state index in [4.69, 9.17) is 4.98 Å². The van der Waals surface area contributed by atoms with E-state index >= 15 is 0 Å². The van der Waals surface area contributed by atoms with Crippen molar-refractivity contribution in [3.63, 3.8) is 0 Å². The lowest BCUT2D eigenvalue weighted by Gasteiger charge is -2.22. The first-order chi connectivity index (χ1) is 15.6. The minimum Gasteiger partial charge on any atom is -0.255 e. The van der Waals surface area contributed by atoms with Crippen molar-refractivity contribution in [2.45, 2.75) is 53.9 Å². The summed E-state index contributed by atoms with van der Waals surface area (Å²) in [5.41, 5.74) is 10.4. The number of pyridine rings is 1. The van der Waals surface area contributed by atoms with Crippen molar-refractivity contribution < 1.29 is 0 Å². The summed E-state index contributed by atoms with van der Waals surface area (Å²) >= 11 is 1.89. The van der Waals surface area contributed by atoms with Crippen LogP contribution in [-0.4, -0.2) is 4.98 Å². The molecule has 2 heterocycles. The maximum absolute atomic E-state index is 4.92. The third-order valence-corrected chi connectivity index (χ3v) is 8.03. The molecule has 0 aliphatic carbocycles. The minimum absolute atomic E-state index is 0.0517. The van der Waals surface area contributed by atoms with Gasteiger partial charge in [0.25, 0.3) is 0 Å². The highest BCUT2D eigenvalue weighted by molar-refractivity contribution is 7.23. The minimum atomic E-state index is 0.0517. The molecule has 0 aliphatic heterocycles. The molecule has 0 saturated heterocycles. The summed E-state index contributed by atoms with van der Waals surface area (Å²) in [6.45, 7) is 15.8. The molecule has 1 nitrogen and oxygen atoms in total. The third-order valence-electron chi connectivity index (χ3n) is 6.70. The van der Waals surface area contributed by atoms with Gasteiger partial charge >= 0.3 is 0 Å². The van der Waals surface area contributed by atoms with Crippen molar-refractivity contribution in [3.8, 4) is 21.7 Å². The lowest BCUT2D eigenvalue weighted by atomic mass is 9.82. The molecule has 5 aromatic rings. The second kappa shape index (κ2) is 7.81. The fourth-order valence-corrected chi connectivity index (χ4v) is 6.69. The topological polar surface area (TPSA) is 12.9 Å². The Hall–Kier alpha value is -2.97. The Morgan fingerprint density at radius 3 is 2.18 bits per heavy atom. The molecule has 2 aromatic heterocycles. The smallest absolute Gasteiger partial charge is 0.0880 e. The van der Waals surface area contributed by atoms with Gasteiger partial charge in [-0.15, -0.1) is 11.3 Å². The van der Waals surface area contributed by atoms with E-state index in [2.05, 4.69) is 103 Å². The van der Waals surface area contributed by atoms with E-state index in [0.29, 0.717) is 0 Å². The molecule has 2 heteroatoms. The van der Waals surface area contributed by atoms with Crippen LogP contribution in [0, 0.1) is 27.7 Å². The van der Waals surface area contributed by atoms with Crippen LogP contribution in [0.1, 0.15) is 48.6 Å². The van der Waals surface area contributed by atoms with Gasteiger partial charge in [-0.2, -0.15) is 0 Å². The van der Waals surface area contributed by atoms with Gasteiger partial charge in [0.05, 0.1) is 10.4 Å². The summed E-state index contributed by atoms with van der Waals surface area (Å²) in [6.07, 6.45) is 1.97. The van der Waals surface area contributed by atoms with Crippen LogP contribution < -0.4 is 0 Å². The maximum Gasteiger partial charge on any atom is 0.0880 e. The maximum atomic E-state index is 4.92. The number of thiophene rings is 1. The van der Waals surface area contributed by atoms with E-state index in [9.17, 15) is 0 Å². The lowest BCUT2D eigenvalue weighted by Crippen LogP contribution is -2.12. The first-order valence-corrected chi connectivity index (χ1v) is 12.5. The highest BCUT2D eigenvalue weighted by Crippen LogP contribution is 2.45. The molecule has 33 heavy (non-hydrogen) atoms. The molecule has 0 radical (unpaired) electrons. The fraction of sp³-hybridized carbons (Fsp3) is 0.258. The normalized spacial score (nSPS) is 12.1. The van der Waals surface area contributed by atoms with Crippen molar-refractivity contribution in [2.75, 3.05) is 0 Å². The molecule has 3 aromatic carbocycles. The monoisotopic (exact) mass is 449 g/mol. The van der Waals surface area contributed by atoms with E-state index in [-0.39, 0.29) is 5.41 Å². The van der Waals surface area contributed by atoms with Crippen LogP contribution in [0.4, 0.5) is 0 Å². The third kappa shape index (κ3) is 3.67. The van der Waals surface area contributed by atoms with Gasteiger partial charge in [-0.1, -0.05) is 62.7 Å². The van der Waals surface area contributed by atoms with E-state index in [1.165, 1.54) is 64.7 Å². The molecular weight excluding hydrogens is 418 g/mol. The van der Waals surface area contributed by atoms with Crippen LogP contribution in [0.15, 0.2) is 60.8 Å². The van der Waals surface area contributed by atoms with Gasteiger partial charge in [0.15, 0.2) is 0 Å². The highest BCUT2D eigenvalue weighted by atomic mass is 32.1. The summed E-state index contributed by atoms with van der Waals surface area (Å²) in [6, 6.07) is 20.2. The van der Waals surface area contributed by atoms with Gasteiger partial charge in [-0.05, 0) is 95.3 Å². The number of nitrogens with zero attached hydrogens (tertiary/aromatic N) is 1. The first-order valence-electron chi connectivity index (χ1n) is 11.6. The van der Waals surface area contributed by atoms with Crippen LogP contribution in [-0.2, 0) is 5.41 Å². The van der Waals surface area contributed by atoms with E-state index < -0.39 is 0 Å². The van der Waals surface area contributed by atoms with Gasteiger partial charge in [0.1, 0.15) is 0 Å². The molecule has 0 atom stereocenters. The van der Waals surface area contributed by atoms with Crippen LogP contribution in [0.3, 0.4) is 0 Å². The number of hydrogen-bond acceptors (Lipinski definition) is 2. The molecule has 0 fully saturated rings. The number of aryl methyl sites for hydroxylation is 4. The summed E-state index contributed by atoms with van der Waals surface area (Å²) < 4.78 is 1.28. The predicted molar refractivity (Wildman–Crippen MR) is 146 cm³/mol. The Morgan fingerprint density at radius 1 is 0.788 bits per heavy atom. The van der Waals surface area contributed by atoms with Crippen LogP contribution in [0.2, 0.25) is 0 Å². The molecule has 0 amide bonds. The molecule has 0 spiro atoms. The number of aromatic nitrogens is 1. The van der Waals surface area contributed by atoms with Crippen LogP contribution in [0.5, 0.6) is 0 Å². The average molecular weight is 450 g/mol. The van der Waals surface area contributed by atoms with E-state index in [1.54, 1.807) is 0 Å². The van der Waals surface area contributed by atoms with Gasteiger partial charge < -0.3 is 0 Å². The van der Waals surface area contributed by atoms with E-state index in [1.807, 2.05) is 17.5 Å². The Morgan fingerprint density at radius 2 is 1.48 bits per heavy atom. The molecule has 0 bridgehead atoms. The van der Waals surface area contributed by atoms with Gasteiger partial charge in [0, 0.05) is 16.6 Å². The molecule has 0 unspecified atom stereocenters. The quantitative estimate of drug-likeness (QED) is 0.262. The van der Waals surface area contributed by atoms with Crippen LogP contribution >= 0.6 is 11.3 Å². The fourth-order valence-electron chi connectivity index (χ4n) is 5.20. The first kappa shape index (κ1) is 21.9. The molecule has 5 rings (SSSR count). The van der Waals surface area contributed by atoms with Crippen molar-refractivity contribution in [2.24, 2.45) is 0 Å². The molecule has 0 saturated carbocycles. The van der Waals surface area contributed by atoms with Crippen molar-refractivity contribution in [1.29, 1.82) is 0 Å². The summed E-state index contributed by atoms with van der Waals surface area (Å²) in [5.74, 6) is 0. The average Bonchev–Trinajstić information content (AvgIpc) is 3.08. The van der Waals surface area contributed by atoms with Crippen molar-refractivity contribution in [3.05, 3.63) is 88.6 Å². The SMILES string of the molecule is Cc1cc(C)c(-c2sc3c(-c4cc(C(C)(C)C)c5ccccc5c4)nccc3c2C)c(C)c1. The Balaban J connectivity index is 1.80. The lowest BCUT2D eigenvalue weighted by molar-refractivity contribution is 0.596. The number of fused-ring (bicyclic) bond motifs is 2. The summed E-state index contributed by atoms with van der Waals surface area (Å²) in [4.78, 5) is 6.29. The second-order valence-electron chi connectivity index (χ2n) is 10.4. The van der Waals surface area contributed by atoms with Crippen molar-refractivity contribution >= 4 is 32.2 Å². The zero-order valence-electron chi connectivity index (χ0n) is 20.6. The molecule has 166 valence electrons. The van der Waals surface area contributed by atoms with Crippen molar-refractivity contribution in [1.82, 2.24) is 4.98 Å². The molecule has 0 N–H and O–H groups in total. The Labute approximate surface area is 201 Å². The zero-order chi connectivity index (χ0) is 23.5. The molecular formula is C31H31NS. The Bertz CT molecular complexity index is 1510. The predicted octanol–water partition coefficient (Wildman–Crippen LogP) is 9.31. The van der Waals surface area contributed by atoms with Crippen LogP contribution in [0.25, 0.3) is 42.6 Å². The van der Waals surface area contributed by atoms with Gasteiger partial charge in [-0.25, -0.2) is 0 Å². The number of benzene rings is 3. The highest BCUT2D eigenvalue weighted by Gasteiger charge is 2.21. The van der Waals surface area contributed by atoms with Gasteiger partial charge in [-0.3, -0.25) is 4.98 Å². The van der Waals surface area contributed by atoms with E-state index in [0.717, 1.165) is 5.69 Å². The zero-order valence-corrected chi connectivity index (χ0v) is 21.4. The summed E-state index contributed by atoms with van der Waals surface area (Å²) in [5, 5.41) is 3.91. The standard InChI is InChI=1S/C31H31NS/c1-18-14-19(2)27(20(3)15-18)29-21(4)24-12-13-32-28(30(24)33-29)23-16-22-10-8-9-11-25(22)26(17-23)31(5,6)7/h8-17H,1-7H3.